The van der Waals surface area contributed by atoms with Crippen LogP contribution >= 0.6 is 34.7 Å². The van der Waals surface area contributed by atoms with Crippen molar-refractivity contribution in [2.45, 2.75) is 17.0 Å². The zero-order valence-corrected chi connectivity index (χ0v) is 16.4. The molecule has 10 heteroatoms. The van der Waals surface area contributed by atoms with Crippen molar-refractivity contribution in [3.8, 4) is 0 Å². The summed E-state index contributed by atoms with van der Waals surface area (Å²) in [5.41, 5.74) is 1.41. The predicted molar refractivity (Wildman–Crippen MR) is 107 cm³/mol. The summed E-state index contributed by atoms with van der Waals surface area (Å²) in [6, 6.07) is 11.9. The minimum atomic E-state index is -0.513. The lowest BCUT2D eigenvalue weighted by Gasteiger charge is -2.05. The number of aromatic nitrogens is 2. The molecule has 0 saturated carbocycles. The average molecular weight is 421 g/mol. The lowest BCUT2D eigenvalue weighted by Crippen LogP contribution is -2.14. The lowest BCUT2D eigenvalue weighted by molar-refractivity contribution is -0.385. The Balaban J connectivity index is 1.67. The number of nitro groups is 1. The van der Waals surface area contributed by atoms with E-state index in [4.69, 9.17) is 11.6 Å². The number of nitrogens with zero attached hydrogens (tertiary/aromatic N) is 3. The number of halogens is 1. The van der Waals surface area contributed by atoms with Gasteiger partial charge in [-0.1, -0.05) is 59.0 Å². The molecule has 0 aliphatic carbocycles. The fourth-order valence-corrected chi connectivity index (χ4v) is 4.34. The second kappa shape index (κ2) is 8.47. The summed E-state index contributed by atoms with van der Waals surface area (Å²) in [5.74, 6) is 0.168. The van der Waals surface area contributed by atoms with Gasteiger partial charge in [0.25, 0.3) is 11.6 Å². The molecule has 27 heavy (non-hydrogen) atoms. The highest BCUT2D eigenvalue weighted by molar-refractivity contribution is 8.00. The maximum Gasteiger partial charge on any atom is 0.273 e. The second-order valence-corrected chi connectivity index (χ2v) is 8.02. The number of nitrogens with one attached hydrogen (secondary N) is 1. The zero-order chi connectivity index (χ0) is 19.4. The Bertz CT molecular complexity index is 1010. The Hall–Kier alpha value is -2.49. The quantitative estimate of drug-likeness (QED) is 0.262. The first-order chi connectivity index (χ1) is 13.0. The fourth-order valence-electron chi connectivity index (χ4n) is 2.31. The first-order valence-corrected chi connectivity index (χ1v) is 9.89. The number of rotatable bonds is 6. The van der Waals surface area contributed by atoms with E-state index in [0.717, 1.165) is 5.56 Å². The number of hydrogen-bond donors (Lipinski definition) is 1. The Labute approximate surface area is 167 Å². The van der Waals surface area contributed by atoms with E-state index in [9.17, 15) is 14.9 Å². The van der Waals surface area contributed by atoms with Gasteiger partial charge in [0.2, 0.25) is 5.13 Å². The summed E-state index contributed by atoms with van der Waals surface area (Å²) >= 11 is 8.82. The molecule has 1 heterocycles. The van der Waals surface area contributed by atoms with E-state index >= 15 is 0 Å². The molecule has 0 atom stereocenters. The van der Waals surface area contributed by atoms with Crippen LogP contribution in [-0.4, -0.2) is 21.0 Å². The van der Waals surface area contributed by atoms with Gasteiger partial charge in [0.1, 0.15) is 0 Å². The van der Waals surface area contributed by atoms with Gasteiger partial charge in [0.15, 0.2) is 4.34 Å². The van der Waals surface area contributed by atoms with Gasteiger partial charge in [-0.05, 0) is 24.6 Å². The number of amides is 1. The van der Waals surface area contributed by atoms with Crippen molar-refractivity contribution in [2.24, 2.45) is 0 Å². The van der Waals surface area contributed by atoms with Crippen LogP contribution in [0, 0.1) is 17.0 Å². The third-order valence-electron chi connectivity index (χ3n) is 3.68. The van der Waals surface area contributed by atoms with Crippen molar-refractivity contribution in [1.82, 2.24) is 10.2 Å². The molecule has 0 unspecified atom stereocenters. The van der Waals surface area contributed by atoms with Crippen LogP contribution in [0.25, 0.3) is 0 Å². The first-order valence-electron chi connectivity index (χ1n) is 7.71. The van der Waals surface area contributed by atoms with Gasteiger partial charge in [-0.2, -0.15) is 0 Å². The average Bonchev–Trinajstić information content (AvgIpc) is 3.08. The molecular formula is C17H13ClN4O3S2. The van der Waals surface area contributed by atoms with E-state index in [1.54, 1.807) is 0 Å². The molecule has 1 aromatic heterocycles. The van der Waals surface area contributed by atoms with E-state index in [1.807, 2.05) is 24.3 Å². The van der Waals surface area contributed by atoms with E-state index in [-0.39, 0.29) is 11.3 Å². The van der Waals surface area contributed by atoms with Crippen molar-refractivity contribution in [3.05, 3.63) is 74.3 Å². The highest BCUT2D eigenvalue weighted by atomic mass is 35.5. The standard InChI is InChI=1S/C17H13ClN4O3S2/c1-10-12(6-4-8-14(10)22(24)25)15(23)19-16-20-21-17(27-16)26-9-11-5-2-3-7-13(11)18/h2-8H,9H2,1H3,(H,19,20,23). The molecule has 3 aromatic rings. The minimum absolute atomic E-state index is 0.101. The van der Waals surface area contributed by atoms with Gasteiger partial charge in [-0.25, -0.2) is 0 Å². The van der Waals surface area contributed by atoms with Gasteiger partial charge in [0.05, 0.1) is 4.92 Å². The Kier molecular flexibility index (Phi) is 6.04. The molecule has 0 aliphatic rings. The molecule has 0 bridgehead atoms. The van der Waals surface area contributed by atoms with E-state index in [1.165, 1.54) is 48.2 Å². The van der Waals surface area contributed by atoms with E-state index in [2.05, 4.69) is 15.5 Å². The van der Waals surface area contributed by atoms with Gasteiger partial charge < -0.3 is 0 Å². The second-order valence-electron chi connectivity index (χ2n) is 5.41. The summed E-state index contributed by atoms with van der Waals surface area (Å²) in [7, 11) is 0. The third kappa shape index (κ3) is 4.62. The minimum Gasteiger partial charge on any atom is -0.296 e. The van der Waals surface area contributed by atoms with Crippen LogP contribution in [0.3, 0.4) is 0 Å². The molecule has 0 aliphatic heterocycles. The smallest absolute Gasteiger partial charge is 0.273 e. The number of carbonyl (C=O) groups excluding carboxylic acids is 1. The van der Waals surface area contributed by atoms with Crippen LogP contribution in [-0.2, 0) is 5.75 Å². The molecule has 0 spiro atoms. The predicted octanol–water partition coefficient (Wildman–Crippen LogP) is 4.95. The molecule has 7 nitrogen and oxygen atoms in total. The molecule has 1 amide bonds. The number of benzene rings is 2. The number of carbonyl (C=O) groups is 1. The van der Waals surface area contributed by atoms with Gasteiger partial charge in [0, 0.05) is 28.0 Å². The van der Waals surface area contributed by atoms with Crippen LogP contribution in [0.5, 0.6) is 0 Å². The summed E-state index contributed by atoms with van der Waals surface area (Å²) in [4.78, 5) is 22.9. The van der Waals surface area contributed by atoms with Gasteiger partial charge in [-0.3, -0.25) is 20.2 Å². The molecular weight excluding hydrogens is 408 g/mol. The summed E-state index contributed by atoms with van der Waals surface area (Å²) in [6.45, 7) is 1.54. The summed E-state index contributed by atoms with van der Waals surface area (Å²) in [5, 5.41) is 22.7. The Morgan fingerprint density at radius 3 is 2.78 bits per heavy atom. The van der Waals surface area contributed by atoms with Crippen molar-refractivity contribution in [1.29, 1.82) is 0 Å². The van der Waals surface area contributed by atoms with Crippen molar-refractivity contribution in [2.75, 3.05) is 5.32 Å². The van der Waals surface area contributed by atoms with Gasteiger partial charge >= 0.3 is 0 Å². The molecule has 3 rings (SSSR count). The third-order valence-corrected chi connectivity index (χ3v) is 6.07. The van der Waals surface area contributed by atoms with Crippen molar-refractivity contribution in [3.63, 3.8) is 0 Å². The normalized spacial score (nSPS) is 10.6. The molecule has 0 fully saturated rings. The van der Waals surface area contributed by atoms with Crippen LogP contribution in [0.1, 0.15) is 21.5 Å². The lowest BCUT2D eigenvalue weighted by atomic mass is 10.1. The number of hydrogen-bond acceptors (Lipinski definition) is 7. The maximum atomic E-state index is 12.4. The monoisotopic (exact) mass is 420 g/mol. The van der Waals surface area contributed by atoms with Crippen LogP contribution < -0.4 is 5.32 Å². The molecule has 0 saturated heterocycles. The van der Waals surface area contributed by atoms with Crippen molar-refractivity contribution >= 4 is 51.4 Å². The topological polar surface area (TPSA) is 98.0 Å². The molecule has 1 N–H and O–H groups in total. The highest BCUT2D eigenvalue weighted by Gasteiger charge is 2.19. The van der Waals surface area contributed by atoms with Crippen LogP contribution in [0.15, 0.2) is 46.8 Å². The maximum absolute atomic E-state index is 12.4. The molecule has 138 valence electrons. The highest BCUT2D eigenvalue weighted by Crippen LogP contribution is 2.31. The van der Waals surface area contributed by atoms with Crippen LogP contribution in [0.4, 0.5) is 10.8 Å². The number of anilines is 1. The van der Waals surface area contributed by atoms with Crippen LogP contribution in [0.2, 0.25) is 5.02 Å². The van der Waals surface area contributed by atoms with Crippen molar-refractivity contribution < 1.29 is 9.72 Å². The van der Waals surface area contributed by atoms with E-state index in [0.29, 0.717) is 25.8 Å². The summed E-state index contributed by atoms with van der Waals surface area (Å²) < 4.78 is 0.681. The zero-order valence-electron chi connectivity index (χ0n) is 14.0. The Morgan fingerprint density at radius 2 is 2.04 bits per heavy atom. The molecule has 2 aromatic carbocycles. The number of nitro benzene ring substituents is 1. The van der Waals surface area contributed by atoms with Gasteiger partial charge in [-0.15, -0.1) is 10.2 Å². The SMILES string of the molecule is Cc1c(C(=O)Nc2nnc(SCc3ccccc3Cl)s2)cccc1[N+](=O)[O-]. The number of thioether (sulfide) groups is 1. The summed E-state index contributed by atoms with van der Waals surface area (Å²) in [6.07, 6.45) is 0. The van der Waals surface area contributed by atoms with E-state index < -0.39 is 10.8 Å². The molecule has 0 radical (unpaired) electrons. The fraction of sp³-hybridized carbons (Fsp3) is 0.118. The Morgan fingerprint density at radius 1 is 1.26 bits per heavy atom. The first kappa shape index (κ1) is 19.3. The largest absolute Gasteiger partial charge is 0.296 e.